The van der Waals surface area contributed by atoms with Gasteiger partial charge in [-0.25, -0.2) is 5.43 Å². The number of carbonyl (C=O) groups excluding carboxylic acids is 1. The molecule has 0 aliphatic carbocycles. The fourth-order valence-electron chi connectivity index (χ4n) is 1.85. The van der Waals surface area contributed by atoms with Crippen LogP contribution in [0.5, 0.6) is 17.2 Å². The molecule has 8 heteroatoms. The summed E-state index contributed by atoms with van der Waals surface area (Å²) in [6.07, 6.45) is 1.38. The van der Waals surface area contributed by atoms with E-state index in [1.54, 1.807) is 19.1 Å². The summed E-state index contributed by atoms with van der Waals surface area (Å²) in [6.45, 7) is 2.19. The number of phenolic OH excluding ortho intramolecular Hbond substituents is 2. The van der Waals surface area contributed by atoms with Crippen molar-refractivity contribution in [2.24, 2.45) is 5.10 Å². The van der Waals surface area contributed by atoms with Crippen LogP contribution in [0.4, 0.5) is 0 Å². The minimum absolute atomic E-state index is 0.0121. The van der Waals surface area contributed by atoms with E-state index >= 15 is 0 Å². The van der Waals surface area contributed by atoms with Gasteiger partial charge in [-0.2, -0.15) is 5.10 Å². The summed E-state index contributed by atoms with van der Waals surface area (Å²) in [4.78, 5) is 12.0. The monoisotopic (exact) mass is 412 g/mol. The molecule has 2 aromatic carbocycles. The zero-order valence-corrected chi connectivity index (χ0v) is 14.9. The molecule has 0 bridgehead atoms. The predicted octanol–water partition coefficient (Wildman–Crippen LogP) is 3.68. The number of rotatable bonds is 5. The summed E-state index contributed by atoms with van der Waals surface area (Å²) in [5.41, 5.74) is 2.91. The largest absolute Gasteiger partial charge is 0.507 e. The van der Waals surface area contributed by atoms with Crippen LogP contribution < -0.4 is 10.2 Å². The minimum Gasteiger partial charge on any atom is -0.507 e. The maximum Gasteiger partial charge on any atom is 0.275 e. The number of amides is 1. The fraction of sp³-hybridized carbons (Fsp3) is 0.125. The van der Waals surface area contributed by atoms with Crippen molar-refractivity contribution in [2.45, 2.75) is 6.92 Å². The van der Waals surface area contributed by atoms with Crippen LogP contribution in [0.3, 0.4) is 0 Å². The van der Waals surface area contributed by atoms with Gasteiger partial charge in [0.1, 0.15) is 5.75 Å². The lowest BCUT2D eigenvalue weighted by molar-refractivity contribution is 0.0952. The average molecular weight is 414 g/mol. The maximum atomic E-state index is 12.0. The summed E-state index contributed by atoms with van der Waals surface area (Å²) >= 11 is 9.01. The molecule has 126 valence electrons. The van der Waals surface area contributed by atoms with E-state index in [2.05, 4.69) is 26.5 Å². The number of ether oxygens (including phenoxy) is 1. The summed E-state index contributed by atoms with van der Waals surface area (Å²) in [6, 6.07) is 7.33. The van der Waals surface area contributed by atoms with Crippen molar-refractivity contribution in [3.8, 4) is 17.2 Å². The number of carbonyl (C=O) groups is 1. The Morgan fingerprint density at radius 1 is 1.38 bits per heavy atom. The molecular weight excluding hydrogens is 400 g/mol. The molecule has 24 heavy (non-hydrogen) atoms. The highest BCUT2D eigenvalue weighted by molar-refractivity contribution is 9.10. The first kappa shape index (κ1) is 18.1. The van der Waals surface area contributed by atoms with Crippen LogP contribution in [-0.4, -0.2) is 28.9 Å². The predicted molar refractivity (Wildman–Crippen MR) is 95.2 cm³/mol. The Hall–Kier alpha value is -2.25. The van der Waals surface area contributed by atoms with Crippen molar-refractivity contribution in [1.29, 1.82) is 0 Å². The number of hydrogen-bond donors (Lipinski definition) is 3. The molecule has 0 aliphatic rings. The van der Waals surface area contributed by atoms with Gasteiger partial charge in [0.2, 0.25) is 0 Å². The molecule has 0 spiro atoms. The Kier molecular flexibility index (Phi) is 6.05. The Morgan fingerprint density at radius 3 is 2.83 bits per heavy atom. The number of nitrogens with one attached hydrogen (secondary N) is 1. The van der Waals surface area contributed by atoms with Crippen LogP contribution in [0.1, 0.15) is 22.8 Å². The van der Waals surface area contributed by atoms with Gasteiger partial charge < -0.3 is 14.9 Å². The van der Waals surface area contributed by atoms with Crippen LogP contribution in [0.2, 0.25) is 5.02 Å². The molecule has 0 aliphatic heterocycles. The molecule has 2 rings (SSSR count). The number of hydrazone groups is 1. The molecule has 6 nitrogen and oxygen atoms in total. The van der Waals surface area contributed by atoms with Crippen molar-refractivity contribution < 1.29 is 19.7 Å². The zero-order valence-electron chi connectivity index (χ0n) is 12.6. The molecule has 0 fully saturated rings. The highest BCUT2D eigenvalue weighted by Crippen LogP contribution is 2.35. The fourth-order valence-corrected chi connectivity index (χ4v) is 2.48. The molecule has 0 aromatic heterocycles. The van der Waals surface area contributed by atoms with Crippen molar-refractivity contribution in [2.75, 3.05) is 6.61 Å². The van der Waals surface area contributed by atoms with Crippen molar-refractivity contribution in [3.05, 3.63) is 51.0 Å². The first-order valence-corrected chi connectivity index (χ1v) is 8.06. The van der Waals surface area contributed by atoms with E-state index in [4.69, 9.17) is 16.3 Å². The smallest absolute Gasteiger partial charge is 0.275 e. The maximum absolute atomic E-state index is 12.0. The van der Waals surface area contributed by atoms with Gasteiger partial charge >= 0.3 is 0 Å². The Morgan fingerprint density at radius 2 is 2.12 bits per heavy atom. The first-order chi connectivity index (χ1) is 11.4. The highest BCUT2D eigenvalue weighted by Gasteiger charge is 2.11. The molecule has 0 saturated heterocycles. The van der Waals surface area contributed by atoms with E-state index in [0.29, 0.717) is 27.4 Å². The van der Waals surface area contributed by atoms with E-state index in [0.717, 1.165) is 0 Å². The lowest BCUT2D eigenvalue weighted by atomic mass is 10.2. The lowest BCUT2D eigenvalue weighted by Gasteiger charge is -2.08. The molecule has 1 amide bonds. The minimum atomic E-state index is -0.603. The van der Waals surface area contributed by atoms with Gasteiger partial charge in [-0.15, -0.1) is 0 Å². The quantitative estimate of drug-likeness (QED) is 0.515. The molecule has 0 heterocycles. The van der Waals surface area contributed by atoms with Gasteiger partial charge in [0.15, 0.2) is 11.5 Å². The zero-order chi connectivity index (χ0) is 17.7. The molecule has 3 N–H and O–H groups in total. The number of phenols is 2. The standard InChI is InChI=1S/C16H14BrClN2O4/c1-2-24-14-6-9(5-12(17)15(14)22)8-19-20-16(23)11-7-10(18)3-4-13(11)21/h3-8,21-22H,2H2,1H3,(H,20,23)/b19-8-. The van der Waals surface area contributed by atoms with E-state index in [9.17, 15) is 15.0 Å². The van der Waals surface area contributed by atoms with Crippen molar-refractivity contribution in [3.63, 3.8) is 0 Å². The van der Waals surface area contributed by atoms with Gasteiger partial charge in [0.05, 0.1) is 22.9 Å². The van der Waals surface area contributed by atoms with Gasteiger partial charge in [-0.3, -0.25) is 4.79 Å². The van der Waals surface area contributed by atoms with Gasteiger partial charge in [0.25, 0.3) is 5.91 Å². The number of benzene rings is 2. The number of nitrogens with zero attached hydrogens (tertiary/aromatic N) is 1. The van der Waals surface area contributed by atoms with Gasteiger partial charge in [0, 0.05) is 5.02 Å². The third-order valence-corrected chi connectivity index (χ3v) is 3.77. The molecule has 0 radical (unpaired) electrons. The van der Waals surface area contributed by atoms with Crippen LogP contribution in [-0.2, 0) is 0 Å². The van der Waals surface area contributed by atoms with E-state index in [1.165, 1.54) is 24.4 Å². The average Bonchev–Trinajstić information content (AvgIpc) is 2.54. The summed E-state index contributed by atoms with van der Waals surface area (Å²) in [5, 5.41) is 23.7. The number of aromatic hydroxyl groups is 2. The molecule has 0 saturated carbocycles. The third kappa shape index (κ3) is 4.39. The van der Waals surface area contributed by atoms with E-state index in [-0.39, 0.29) is 17.1 Å². The highest BCUT2D eigenvalue weighted by atomic mass is 79.9. The SMILES string of the molecule is CCOc1cc(/C=N\NC(=O)c2cc(Cl)ccc2O)cc(Br)c1O. The van der Waals surface area contributed by atoms with Crippen LogP contribution in [0.25, 0.3) is 0 Å². The Bertz CT molecular complexity index is 796. The Labute approximate surface area is 151 Å². The van der Waals surface area contributed by atoms with Crippen LogP contribution >= 0.6 is 27.5 Å². The van der Waals surface area contributed by atoms with Crippen LogP contribution in [0, 0.1) is 0 Å². The molecular formula is C16H14BrClN2O4. The van der Waals surface area contributed by atoms with Crippen molar-refractivity contribution in [1.82, 2.24) is 5.43 Å². The normalized spacial score (nSPS) is 10.8. The summed E-state index contributed by atoms with van der Waals surface area (Å²) < 4.78 is 5.75. The van der Waals surface area contributed by atoms with Crippen molar-refractivity contribution >= 4 is 39.7 Å². The van der Waals surface area contributed by atoms with E-state index < -0.39 is 5.91 Å². The second kappa shape index (κ2) is 8.03. The van der Waals surface area contributed by atoms with Gasteiger partial charge in [-0.1, -0.05) is 11.6 Å². The van der Waals surface area contributed by atoms with Gasteiger partial charge in [-0.05, 0) is 58.7 Å². The third-order valence-electron chi connectivity index (χ3n) is 2.93. The summed E-state index contributed by atoms with van der Waals surface area (Å²) in [5.74, 6) is -0.513. The Balaban J connectivity index is 2.14. The second-order valence-corrected chi connectivity index (χ2v) is 5.93. The van der Waals surface area contributed by atoms with E-state index in [1.807, 2.05) is 0 Å². The molecule has 0 atom stereocenters. The first-order valence-electron chi connectivity index (χ1n) is 6.89. The number of hydrogen-bond acceptors (Lipinski definition) is 5. The lowest BCUT2D eigenvalue weighted by Crippen LogP contribution is -2.17. The summed E-state index contributed by atoms with van der Waals surface area (Å²) in [7, 11) is 0. The number of halogens is 2. The topological polar surface area (TPSA) is 91.2 Å². The molecule has 2 aromatic rings. The second-order valence-electron chi connectivity index (χ2n) is 4.64. The molecule has 0 unspecified atom stereocenters. The van der Waals surface area contributed by atoms with Crippen LogP contribution in [0.15, 0.2) is 39.9 Å².